The van der Waals surface area contributed by atoms with E-state index in [0.29, 0.717) is 5.82 Å². The van der Waals surface area contributed by atoms with Gasteiger partial charge in [0.25, 0.3) is 0 Å². The van der Waals surface area contributed by atoms with E-state index >= 15 is 0 Å². The number of nitrogens with zero attached hydrogens (tertiary/aromatic N) is 3. The Morgan fingerprint density at radius 3 is 1.48 bits per heavy atom. The molecule has 0 N–H and O–H groups in total. The second kappa shape index (κ2) is 15.0. The third kappa shape index (κ3) is 6.12. The number of aromatic nitrogens is 3. The molecule has 0 atom stereocenters. The molecule has 0 saturated heterocycles. The number of hydrogen-bond donors (Lipinski definition) is 0. The molecule has 13 aromatic rings. The lowest BCUT2D eigenvalue weighted by atomic mass is 9.83. The highest BCUT2D eigenvalue weighted by atomic mass is 15.1. The molecule has 0 aliphatic rings. The van der Waals surface area contributed by atoms with Crippen molar-refractivity contribution in [3.05, 3.63) is 237 Å². The Hall–Kier alpha value is -8.66. The Kier molecular flexibility index (Phi) is 8.53. The lowest BCUT2D eigenvalue weighted by molar-refractivity contribution is 1.05. The molecule has 0 aliphatic carbocycles. The van der Waals surface area contributed by atoms with E-state index in [2.05, 4.69) is 223 Å². The third-order valence-corrected chi connectivity index (χ3v) is 13.2. The summed E-state index contributed by atoms with van der Waals surface area (Å²) in [4.78, 5) is 10.4. The number of benzene rings is 11. The van der Waals surface area contributed by atoms with Crippen molar-refractivity contribution >= 4 is 64.9 Å². The number of rotatable bonds is 6. The van der Waals surface area contributed by atoms with Crippen LogP contribution in [0.3, 0.4) is 0 Å². The molecule has 0 bridgehead atoms. The largest absolute Gasteiger partial charge is 0.294 e. The standard InChI is InChI=1S/C62H39N3/c1-3-16-43(17-4-1)59-52-23-9-10-24-53(52)60(61-49-20-8-7-15-41(49)35-36-54(59)61)48-34-33-46-37-45(31-32-47(46)38-48)40-27-29-42(30-28-40)55-39-58(64-62(63-55)44-18-5-2-6-19-44)65-56-25-13-11-21-50(56)51-22-12-14-26-57(51)65/h1-39H. The lowest BCUT2D eigenvalue weighted by Gasteiger charge is -2.19. The van der Waals surface area contributed by atoms with E-state index in [1.165, 1.54) is 81.7 Å². The average Bonchev–Trinajstić information content (AvgIpc) is 3.72. The topological polar surface area (TPSA) is 30.7 Å². The first-order chi connectivity index (χ1) is 32.2. The Balaban J connectivity index is 0.907. The Morgan fingerprint density at radius 2 is 0.785 bits per heavy atom. The first-order valence-electron chi connectivity index (χ1n) is 22.2. The summed E-state index contributed by atoms with van der Waals surface area (Å²) in [5, 5.41) is 12.4. The molecule has 3 nitrogen and oxygen atoms in total. The molecular weight excluding hydrogens is 787 g/mol. The molecule has 3 heteroatoms. The van der Waals surface area contributed by atoms with Crippen molar-refractivity contribution in [2.45, 2.75) is 0 Å². The van der Waals surface area contributed by atoms with Gasteiger partial charge in [-0.2, -0.15) is 0 Å². The van der Waals surface area contributed by atoms with Crippen molar-refractivity contribution in [3.8, 4) is 61.8 Å². The molecule has 2 aromatic heterocycles. The molecule has 0 radical (unpaired) electrons. The maximum atomic E-state index is 5.20. The van der Waals surface area contributed by atoms with Crippen molar-refractivity contribution in [1.82, 2.24) is 14.5 Å². The summed E-state index contributed by atoms with van der Waals surface area (Å²) >= 11 is 0. The van der Waals surface area contributed by atoms with Crippen LogP contribution in [0.5, 0.6) is 0 Å². The Labute approximate surface area is 376 Å². The van der Waals surface area contributed by atoms with Gasteiger partial charge in [0.2, 0.25) is 0 Å². The van der Waals surface area contributed by atoms with Crippen LogP contribution in [0.1, 0.15) is 0 Å². The van der Waals surface area contributed by atoms with Crippen LogP contribution in [0.4, 0.5) is 0 Å². The minimum Gasteiger partial charge on any atom is -0.294 e. The van der Waals surface area contributed by atoms with E-state index in [9.17, 15) is 0 Å². The van der Waals surface area contributed by atoms with Crippen LogP contribution < -0.4 is 0 Å². The van der Waals surface area contributed by atoms with Gasteiger partial charge in [0.05, 0.1) is 16.7 Å². The number of para-hydroxylation sites is 2. The summed E-state index contributed by atoms with van der Waals surface area (Å²) in [6.07, 6.45) is 0. The van der Waals surface area contributed by atoms with Crippen molar-refractivity contribution in [1.29, 1.82) is 0 Å². The highest BCUT2D eigenvalue weighted by molar-refractivity contribution is 6.28. The van der Waals surface area contributed by atoms with Crippen molar-refractivity contribution in [3.63, 3.8) is 0 Å². The summed E-state index contributed by atoms with van der Waals surface area (Å²) in [5.41, 5.74) is 12.4. The van der Waals surface area contributed by atoms with E-state index in [0.717, 1.165) is 39.2 Å². The zero-order valence-electron chi connectivity index (χ0n) is 35.4. The Bertz CT molecular complexity index is 3930. The van der Waals surface area contributed by atoms with Crippen molar-refractivity contribution in [2.75, 3.05) is 0 Å². The van der Waals surface area contributed by atoms with Gasteiger partial charge >= 0.3 is 0 Å². The van der Waals surface area contributed by atoms with Gasteiger partial charge < -0.3 is 0 Å². The summed E-state index contributed by atoms with van der Waals surface area (Å²) in [6, 6.07) is 85.3. The summed E-state index contributed by atoms with van der Waals surface area (Å²) in [6.45, 7) is 0. The molecule has 0 unspecified atom stereocenters. The quantitative estimate of drug-likeness (QED) is 0.123. The molecule has 302 valence electrons. The molecule has 13 rings (SSSR count). The third-order valence-electron chi connectivity index (χ3n) is 13.2. The predicted molar refractivity (Wildman–Crippen MR) is 274 cm³/mol. The van der Waals surface area contributed by atoms with E-state index in [1.807, 2.05) is 18.2 Å². The van der Waals surface area contributed by atoms with Gasteiger partial charge in [0.15, 0.2) is 5.82 Å². The monoisotopic (exact) mass is 825 g/mol. The van der Waals surface area contributed by atoms with E-state index in [4.69, 9.17) is 9.97 Å². The average molecular weight is 826 g/mol. The van der Waals surface area contributed by atoms with E-state index in [1.54, 1.807) is 0 Å². The van der Waals surface area contributed by atoms with E-state index < -0.39 is 0 Å². The van der Waals surface area contributed by atoms with Gasteiger partial charge in [-0.25, -0.2) is 9.97 Å². The lowest BCUT2D eigenvalue weighted by Crippen LogP contribution is -2.02. The van der Waals surface area contributed by atoms with Gasteiger partial charge in [0.1, 0.15) is 5.82 Å². The molecule has 2 heterocycles. The van der Waals surface area contributed by atoms with Crippen LogP contribution >= 0.6 is 0 Å². The van der Waals surface area contributed by atoms with Crippen LogP contribution in [-0.4, -0.2) is 14.5 Å². The molecular formula is C62H39N3. The van der Waals surface area contributed by atoms with E-state index in [-0.39, 0.29) is 0 Å². The van der Waals surface area contributed by atoms with Crippen LogP contribution in [0.25, 0.3) is 127 Å². The highest BCUT2D eigenvalue weighted by Gasteiger charge is 2.20. The minimum absolute atomic E-state index is 0.694. The van der Waals surface area contributed by atoms with Gasteiger partial charge in [0, 0.05) is 28.0 Å². The van der Waals surface area contributed by atoms with Gasteiger partial charge in [-0.05, 0) is 101 Å². The molecule has 0 fully saturated rings. The predicted octanol–water partition coefficient (Wildman–Crippen LogP) is 16.5. The second-order valence-corrected chi connectivity index (χ2v) is 16.9. The highest BCUT2D eigenvalue weighted by Crippen LogP contribution is 2.47. The zero-order valence-corrected chi connectivity index (χ0v) is 35.4. The first kappa shape index (κ1) is 36.9. The van der Waals surface area contributed by atoms with Crippen molar-refractivity contribution in [2.24, 2.45) is 0 Å². The smallest absolute Gasteiger partial charge is 0.162 e. The normalized spacial score (nSPS) is 11.7. The molecule has 0 saturated carbocycles. The summed E-state index contributed by atoms with van der Waals surface area (Å²) in [7, 11) is 0. The van der Waals surface area contributed by atoms with Crippen LogP contribution in [0.2, 0.25) is 0 Å². The van der Waals surface area contributed by atoms with Crippen molar-refractivity contribution < 1.29 is 0 Å². The minimum atomic E-state index is 0.694. The van der Waals surface area contributed by atoms with Gasteiger partial charge in [-0.3, -0.25) is 4.57 Å². The number of hydrogen-bond acceptors (Lipinski definition) is 2. The Morgan fingerprint density at radius 1 is 0.277 bits per heavy atom. The molecule has 0 spiro atoms. The SMILES string of the molecule is c1ccc(-c2nc(-c3ccc(-c4ccc5cc(-c6c7ccccc7c(-c7ccccc7)c7ccc8ccccc8c67)ccc5c4)cc3)cc(-n3c4ccccc4c4ccccc43)n2)cc1. The molecule has 0 aliphatic heterocycles. The first-order valence-corrected chi connectivity index (χ1v) is 22.2. The van der Waals surface area contributed by atoms with Crippen LogP contribution in [0, 0.1) is 0 Å². The molecule has 0 amide bonds. The maximum Gasteiger partial charge on any atom is 0.162 e. The van der Waals surface area contributed by atoms with Crippen LogP contribution in [0.15, 0.2) is 237 Å². The molecule has 65 heavy (non-hydrogen) atoms. The summed E-state index contributed by atoms with van der Waals surface area (Å²) in [5.74, 6) is 1.53. The number of fused-ring (bicyclic) bond motifs is 8. The zero-order chi connectivity index (χ0) is 42.8. The summed E-state index contributed by atoms with van der Waals surface area (Å²) < 4.78 is 2.27. The fourth-order valence-electron chi connectivity index (χ4n) is 10.2. The fraction of sp³-hybridized carbons (Fsp3) is 0. The van der Waals surface area contributed by atoms with Gasteiger partial charge in [-0.1, -0.05) is 206 Å². The van der Waals surface area contributed by atoms with Crippen LogP contribution in [-0.2, 0) is 0 Å². The molecule has 11 aromatic carbocycles. The maximum absolute atomic E-state index is 5.20. The van der Waals surface area contributed by atoms with Gasteiger partial charge in [-0.15, -0.1) is 0 Å². The fourth-order valence-corrected chi connectivity index (χ4v) is 10.2. The second-order valence-electron chi connectivity index (χ2n) is 16.9.